The van der Waals surface area contributed by atoms with Crippen LogP contribution in [-0.4, -0.2) is 32.4 Å². The van der Waals surface area contributed by atoms with Crippen LogP contribution in [0.3, 0.4) is 0 Å². The number of sulfonamides is 1. The second kappa shape index (κ2) is 7.02. The number of rotatable bonds is 6. The molecule has 0 aromatic heterocycles. The zero-order chi connectivity index (χ0) is 15.5. The molecule has 0 spiro atoms. The van der Waals surface area contributed by atoms with Gasteiger partial charge in [0.1, 0.15) is 0 Å². The fourth-order valence-electron chi connectivity index (χ4n) is 1.74. The summed E-state index contributed by atoms with van der Waals surface area (Å²) in [5.74, 6) is 0. The maximum absolute atomic E-state index is 12.5. The summed E-state index contributed by atoms with van der Waals surface area (Å²) in [6.07, 6.45) is 0. The van der Waals surface area contributed by atoms with Crippen LogP contribution in [0.5, 0.6) is 0 Å². The third kappa shape index (κ3) is 4.04. The predicted octanol–water partition coefficient (Wildman–Crippen LogP) is 2.90. The summed E-state index contributed by atoms with van der Waals surface area (Å²) in [6.45, 7) is 8.87. The minimum atomic E-state index is -3.43. The second-order valence-corrected chi connectivity index (χ2v) is 8.02. The molecule has 1 N–H and O–H groups in total. The molecule has 1 aromatic rings. The SMILES string of the molecule is CCN(C)S(=O)(=O)c1cc(CNC(C)C)cc(Br)c1C. The number of benzene rings is 1. The van der Waals surface area contributed by atoms with Gasteiger partial charge in [0.2, 0.25) is 10.0 Å². The van der Waals surface area contributed by atoms with Crippen LogP contribution < -0.4 is 5.32 Å². The summed E-state index contributed by atoms with van der Waals surface area (Å²) in [6, 6.07) is 4.08. The van der Waals surface area contributed by atoms with Crippen molar-refractivity contribution >= 4 is 26.0 Å². The molecule has 20 heavy (non-hydrogen) atoms. The molecule has 1 rings (SSSR count). The summed E-state index contributed by atoms with van der Waals surface area (Å²) >= 11 is 3.46. The molecule has 1 aromatic carbocycles. The lowest BCUT2D eigenvalue weighted by molar-refractivity contribution is 0.485. The van der Waals surface area contributed by atoms with Crippen LogP contribution in [0, 0.1) is 6.92 Å². The average molecular weight is 363 g/mol. The molecule has 0 amide bonds. The maximum Gasteiger partial charge on any atom is 0.243 e. The average Bonchev–Trinajstić information content (AvgIpc) is 2.38. The molecule has 0 heterocycles. The molecular formula is C14H23BrN2O2S. The van der Waals surface area contributed by atoms with E-state index in [0.29, 0.717) is 24.0 Å². The Morgan fingerprint density at radius 1 is 1.35 bits per heavy atom. The Morgan fingerprint density at radius 2 is 1.95 bits per heavy atom. The molecule has 0 aliphatic carbocycles. The van der Waals surface area contributed by atoms with E-state index >= 15 is 0 Å². The first-order valence-electron chi connectivity index (χ1n) is 6.68. The van der Waals surface area contributed by atoms with Crippen molar-refractivity contribution in [2.75, 3.05) is 13.6 Å². The molecule has 0 bridgehead atoms. The molecule has 0 saturated carbocycles. The van der Waals surface area contributed by atoms with Gasteiger partial charge in [0.25, 0.3) is 0 Å². The van der Waals surface area contributed by atoms with Crippen molar-refractivity contribution in [3.05, 3.63) is 27.7 Å². The fraction of sp³-hybridized carbons (Fsp3) is 0.571. The van der Waals surface area contributed by atoms with E-state index in [1.165, 1.54) is 4.31 Å². The fourth-order valence-corrected chi connectivity index (χ4v) is 3.85. The monoisotopic (exact) mass is 362 g/mol. The van der Waals surface area contributed by atoms with Gasteiger partial charge in [0.15, 0.2) is 0 Å². The van der Waals surface area contributed by atoms with Gasteiger partial charge in [0, 0.05) is 30.7 Å². The van der Waals surface area contributed by atoms with Crippen molar-refractivity contribution in [2.24, 2.45) is 0 Å². The van der Waals surface area contributed by atoms with E-state index in [4.69, 9.17) is 0 Å². The molecule has 0 fully saturated rings. The standard InChI is InChI=1S/C14H23BrN2O2S/c1-6-17(5)20(18,19)14-8-12(9-16-10(2)3)7-13(15)11(14)4/h7-8,10,16H,6,9H2,1-5H3. The van der Waals surface area contributed by atoms with Gasteiger partial charge < -0.3 is 5.32 Å². The van der Waals surface area contributed by atoms with E-state index in [9.17, 15) is 8.42 Å². The third-order valence-corrected chi connectivity index (χ3v) is 6.09. The Morgan fingerprint density at radius 3 is 2.45 bits per heavy atom. The number of nitrogens with zero attached hydrogens (tertiary/aromatic N) is 1. The topological polar surface area (TPSA) is 49.4 Å². The van der Waals surface area contributed by atoms with Gasteiger partial charge in [-0.05, 0) is 30.2 Å². The molecule has 0 aliphatic heterocycles. The van der Waals surface area contributed by atoms with Gasteiger partial charge in [-0.3, -0.25) is 0 Å². The molecule has 0 aliphatic rings. The Labute approximate surface area is 130 Å². The van der Waals surface area contributed by atoms with Gasteiger partial charge >= 0.3 is 0 Å². The molecule has 114 valence electrons. The van der Waals surface area contributed by atoms with Crippen LogP contribution >= 0.6 is 15.9 Å². The number of hydrogen-bond donors (Lipinski definition) is 1. The van der Waals surface area contributed by atoms with Crippen molar-refractivity contribution < 1.29 is 8.42 Å². The van der Waals surface area contributed by atoms with E-state index in [0.717, 1.165) is 15.6 Å². The van der Waals surface area contributed by atoms with E-state index in [2.05, 4.69) is 35.1 Å². The van der Waals surface area contributed by atoms with Crippen LogP contribution in [0.15, 0.2) is 21.5 Å². The van der Waals surface area contributed by atoms with E-state index < -0.39 is 10.0 Å². The quantitative estimate of drug-likeness (QED) is 0.846. The van der Waals surface area contributed by atoms with Crippen LogP contribution in [0.2, 0.25) is 0 Å². The Kier molecular flexibility index (Phi) is 6.19. The summed E-state index contributed by atoms with van der Waals surface area (Å²) in [7, 11) is -1.83. The minimum Gasteiger partial charge on any atom is -0.310 e. The summed E-state index contributed by atoms with van der Waals surface area (Å²) < 4.78 is 27.2. The number of halogens is 1. The smallest absolute Gasteiger partial charge is 0.243 e. The predicted molar refractivity (Wildman–Crippen MR) is 86.3 cm³/mol. The van der Waals surface area contributed by atoms with Crippen molar-refractivity contribution in [3.8, 4) is 0 Å². The van der Waals surface area contributed by atoms with E-state index in [1.54, 1.807) is 13.1 Å². The molecule has 4 nitrogen and oxygen atoms in total. The minimum absolute atomic E-state index is 0.355. The molecule has 0 atom stereocenters. The first-order chi connectivity index (χ1) is 9.20. The highest BCUT2D eigenvalue weighted by atomic mass is 79.9. The van der Waals surface area contributed by atoms with Crippen molar-refractivity contribution in [2.45, 2.75) is 45.2 Å². The van der Waals surface area contributed by atoms with Gasteiger partial charge in [-0.25, -0.2) is 12.7 Å². The first kappa shape index (κ1) is 17.6. The zero-order valence-corrected chi connectivity index (χ0v) is 15.1. The summed E-state index contributed by atoms with van der Waals surface area (Å²) in [4.78, 5) is 0.372. The molecule has 0 unspecified atom stereocenters. The first-order valence-corrected chi connectivity index (χ1v) is 8.92. The van der Waals surface area contributed by atoms with E-state index in [-0.39, 0.29) is 0 Å². The second-order valence-electron chi connectivity index (χ2n) is 5.16. The Hall–Kier alpha value is -0.430. The lowest BCUT2D eigenvalue weighted by Crippen LogP contribution is -2.28. The van der Waals surface area contributed by atoms with Gasteiger partial charge in [0.05, 0.1) is 4.90 Å². The third-order valence-electron chi connectivity index (χ3n) is 3.20. The Bertz CT molecular complexity index is 571. The van der Waals surface area contributed by atoms with Gasteiger partial charge in [-0.2, -0.15) is 0 Å². The highest BCUT2D eigenvalue weighted by molar-refractivity contribution is 9.10. The van der Waals surface area contributed by atoms with Crippen LogP contribution in [0.25, 0.3) is 0 Å². The lowest BCUT2D eigenvalue weighted by atomic mass is 10.1. The van der Waals surface area contributed by atoms with Crippen molar-refractivity contribution in [1.82, 2.24) is 9.62 Å². The van der Waals surface area contributed by atoms with Crippen molar-refractivity contribution in [3.63, 3.8) is 0 Å². The van der Waals surface area contributed by atoms with Crippen LogP contribution in [0.1, 0.15) is 31.9 Å². The largest absolute Gasteiger partial charge is 0.310 e. The van der Waals surface area contributed by atoms with Crippen LogP contribution in [0.4, 0.5) is 0 Å². The molecule has 0 saturated heterocycles. The molecule has 0 radical (unpaired) electrons. The van der Waals surface area contributed by atoms with Crippen LogP contribution in [-0.2, 0) is 16.6 Å². The highest BCUT2D eigenvalue weighted by Crippen LogP contribution is 2.27. The lowest BCUT2D eigenvalue weighted by Gasteiger charge is -2.19. The van der Waals surface area contributed by atoms with E-state index in [1.807, 2.05) is 19.9 Å². The van der Waals surface area contributed by atoms with Crippen molar-refractivity contribution in [1.29, 1.82) is 0 Å². The number of nitrogens with one attached hydrogen (secondary N) is 1. The summed E-state index contributed by atoms with van der Waals surface area (Å²) in [5.41, 5.74) is 1.71. The zero-order valence-electron chi connectivity index (χ0n) is 12.7. The Balaban J connectivity index is 3.26. The summed E-state index contributed by atoms with van der Waals surface area (Å²) in [5, 5.41) is 3.30. The van der Waals surface area contributed by atoms with Gasteiger partial charge in [-0.15, -0.1) is 0 Å². The van der Waals surface area contributed by atoms with Gasteiger partial charge in [-0.1, -0.05) is 36.7 Å². The highest BCUT2D eigenvalue weighted by Gasteiger charge is 2.23. The number of hydrogen-bond acceptors (Lipinski definition) is 3. The molecular weight excluding hydrogens is 340 g/mol. The maximum atomic E-state index is 12.5. The molecule has 6 heteroatoms. The normalized spacial score (nSPS) is 12.4.